The lowest BCUT2D eigenvalue weighted by Crippen LogP contribution is -2.28. The standard InChI is InChI=1S/C18H20Cl2N2/c1-5-6-7-8-14(2)18(13-19)22(15(3)21-4)17-11-9-16(20)10-12-17/h5-13H,1H2,2-4H3/b7-6-,14-8+,18-13+,21-15?. The summed E-state index contributed by atoms with van der Waals surface area (Å²) >= 11 is 12.1. The van der Waals surface area contributed by atoms with Crippen LogP contribution in [-0.2, 0) is 0 Å². The third-order valence-electron chi connectivity index (χ3n) is 3.07. The molecule has 0 aliphatic rings. The van der Waals surface area contributed by atoms with Crippen molar-refractivity contribution in [3.8, 4) is 0 Å². The summed E-state index contributed by atoms with van der Waals surface area (Å²) in [6.45, 7) is 7.58. The number of halogens is 2. The molecule has 0 radical (unpaired) electrons. The Morgan fingerprint density at radius 3 is 2.32 bits per heavy atom. The number of hydrogen-bond acceptors (Lipinski definition) is 1. The largest absolute Gasteiger partial charge is 0.298 e. The van der Waals surface area contributed by atoms with E-state index >= 15 is 0 Å². The van der Waals surface area contributed by atoms with Crippen LogP contribution in [0.3, 0.4) is 0 Å². The highest BCUT2D eigenvalue weighted by Gasteiger charge is 2.16. The lowest BCUT2D eigenvalue weighted by Gasteiger charge is -2.27. The van der Waals surface area contributed by atoms with Crippen molar-refractivity contribution in [3.63, 3.8) is 0 Å². The van der Waals surface area contributed by atoms with Crippen LogP contribution in [0.4, 0.5) is 5.69 Å². The van der Waals surface area contributed by atoms with E-state index in [1.165, 1.54) is 0 Å². The summed E-state index contributed by atoms with van der Waals surface area (Å²) in [5.41, 5.74) is 4.35. The smallest absolute Gasteiger partial charge is 0.104 e. The van der Waals surface area contributed by atoms with Crippen LogP contribution in [0, 0.1) is 0 Å². The number of nitrogens with zero attached hydrogens (tertiary/aromatic N) is 2. The molecule has 0 saturated heterocycles. The number of anilines is 1. The van der Waals surface area contributed by atoms with Crippen molar-refractivity contribution in [2.45, 2.75) is 13.8 Å². The molecule has 0 fully saturated rings. The van der Waals surface area contributed by atoms with E-state index in [0.29, 0.717) is 5.02 Å². The summed E-state index contributed by atoms with van der Waals surface area (Å²) in [5, 5.41) is 0.687. The second kappa shape index (κ2) is 9.29. The molecule has 1 aromatic rings. The number of amidine groups is 1. The average Bonchev–Trinajstić information content (AvgIpc) is 2.53. The Bertz CT molecular complexity index is 623. The van der Waals surface area contributed by atoms with Gasteiger partial charge >= 0.3 is 0 Å². The van der Waals surface area contributed by atoms with Crippen molar-refractivity contribution in [1.82, 2.24) is 0 Å². The van der Waals surface area contributed by atoms with Crippen LogP contribution in [0.15, 0.2) is 76.9 Å². The van der Waals surface area contributed by atoms with Crippen molar-refractivity contribution in [2.24, 2.45) is 4.99 Å². The topological polar surface area (TPSA) is 15.6 Å². The van der Waals surface area contributed by atoms with Gasteiger partial charge in [0, 0.05) is 23.3 Å². The lowest BCUT2D eigenvalue weighted by molar-refractivity contribution is 1.17. The second-order valence-electron chi connectivity index (χ2n) is 4.55. The molecule has 0 atom stereocenters. The quantitative estimate of drug-likeness (QED) is 0.368. The monoisotopic (exact) mass is 334 g/mol. The van der Waals surface area contributed by atoms with E-state index in [1.54, 1.807) is 18.7 Å². The molecule has 0 spiro atoms. The summed E-state index contributed by atoms with van der Waals surface area (Å²) in [4.78, 5) is 6.27. The predicted octanol–water partition coefficient (Wildman–Crippen LogP) is 5.96. The fourth-order valence-corrected chi connectivity index (χ4v) is 2.26. The Kier molecular flexibility index (Phi) is 7.72. The molecule has 116 valence electrons. The molecule has 22 heavy (non-hydrogen) atoms. The van der Waals surface area contributed by atoms with Gasteiger partial charge in [0.05, 0.1) is 5.70 Å². The van der Waals surface area contributed by atoms with Crippen LogP contribution in [-0.4, -0.2) is 12.9 Å². The first kappa shape index (κ1) is 18.3. The first-order valence-electron chi connectivity index (χ1n) is 6.81. The van der Waals surface area contributed by atoms with E-state index in [0.717, 1.165) is 22.8 Å². The zero-order valence-corrected chi connectivity index (χ0v) is 14.6. The number of hydrogen-bond donors (Lipinski definition) is 0. The number of allylic oxidation sites excluding steroid dienone is 5. The maximum absolute atomic E-state index is 6.08. The Labute approximate surface area is 142 Å². The molecule has 0 saturated carbocycles. The van der Waals surface area contributed by atoms with Crippen molar-refractivity contribution in [2.75, 3.05) is 11.9 Å². The van der Waals surface area contributed by atoms with E-state index in [2.05, 4.69) is 11.6 Å². The SMILES string of the molecule is C=C\C=C/C=C(C)/C(=C\Cl)N(C(C)=NC)c1ccc(Cl)cc1. The van der Waals surface area contributed by atoms with E-state index in [-0.39, 0.29) is 0 Å². The van der Waals surface area contributed by atoms with Gasteiger partial charge in [-0.15, -0.1) is 0 Å². The van der Waals surface area contributed by atoms with E-state index in [4.69, 9.17) is 23.2 Å². The van der Waals surface area contributed by atoms with Crippen LogP contribution in [0.25, 0.3) is 0 Å². The van der Waals surface area contributed by atoms with Gasteiger partial charge in [0.25, 0.3) is 0 Å². The summed E-state index contributed by atoms with van der Waals surface area (Å²) in [6.07, 6.45) is 7.48. The molecule has 1 aromatic carbocycles. The first-order chi connectivity index (χ1) is 10.5. The number of benzene rings is 1. The van der Waals surface area contributed by atoms with Crippen molar-refractivity contribution >= 4 is 34.7 Å². The molecule has 0 N–H and O–H groups in total. The second-order valence-corrected chi connectivity index (χ2v) is 5.20. The molecule has 0 unspecified atom stereocenters. The zero-order chi connectivity index (χ0) is 16.5. The normalized spacial score (nSPS) is 13.6. The van der Waals surface area contributed by atoms with Gasteiger partial charge in [0.2, 0.25) is 0 Å². The molecule has 2 nitrogen and oxygen atoms in total. The van der Waals surface area contributed by atoms with Gasteiger partial charge in [-0.1, -0.05) is 54.1 Å². The fourth-order valence-electron chi connectivity index (χ4n) is 1.87. The van der Waals surface area contributed by atoms with E-state index in [1.807, 2.05) is 61.2 Å². The minimum Gasteiger partial charge on any atom is -0.298 e. The van der Waals surface area contributed by atoms with E-state index < -0.39 is 0 Å². The molecule has 0 amide bonds. The maximum Gasteiger partial charge on any atom is 0.104 e. The Morgan fingerprint density at radius 2 is 1.82 bits per heavy atom. The molecular weight excluding hydrogens is 315 g/mol. The molecule has 0 aliphatic heterocycles. The maximum atomic E-state index is 6.08. The van der Waals surface area contributed by atoms with Gasteiger partial charge in [-0.25, -0.2) is 0 Å². The zero-order valence-electron chi connectivity index (χ0n) is 13.1. The molecule has 0 heterocycles. The van der Waals surface area contributed by atoms with Gasteiger partial charge < -0.3 is 0 Å². The molecule has 0 aliphatic carbocycles. The molecule has 0 bridgehead atoms. The van der Waals surface area contributed by atoms with Crippen LogP contribution in [0.5, 0.6) is 0 Å². The minimum absolute atomic E-state index is 0.687. The lowest BCUT2D eigenvalue weighted by atomic mass is 10.1. The van der Waals surface area contributed by atoms with Gasteiger partial charge in [-0.2, -0.15) is 0 Å². The Hall–Kier alpha value is -1.77. The van der Waals surface area contributed by atoms with Crippen LogP contribution in [0.1, 0.15) is 13.8 Å². The van der Waals surface area contributed by atoms with Gasteiger partial charge in [-0.05, 0) is 43.7 Å². The third kappa shape index (κ3) is 4.90. The van der Waals surface area contributed by atoms with Crippen molar-refractivity contribution in [1.29, 1.82) is 0 Å². The molecule has 4 heteroatoms. The van der Waals surface area contributed by atoms with Crippen molar-refractivity contribution in [3.05, 3.63) is 77.0 Å². The molecular formula is C18H20Cl2N2. The highest BCUT2D eigenvalue weighted by atomic mass is 35.5. The summed E-state index contributed by atoms with van der Waals surface area (Å²) < 4.78 is 0. The van der Waals surface area contributed by atoms with Crippen LogP contribution >= 0.6 is 23.2 Å². The first-order valence-corrected chi connectivity index (χ1v) is 7.62. The number of aliphatic imine (C=N–C) groups is 1. The Balaban J connectivity index is 3.31. The highest BCUT2D eigenvalue weighted by Crippen LogP contribution is 2.26. The van der Waals surface area contributed by atoms with Gasteiger partial charge in [0.15, 0.2) is 0 Å². The third-order valence-corrected chi connectivity index (χ3v) is 3.53. The fraction of sp³-hybridized carbons (Fsp3) is 0.167. The average molecular weight is 335 g/mol. The minimum atomic E-state index is 0.687. The van der Waals surface area contributed by atoms with Gasteiger partial charge in [-0.3, -0.25) is 9.89 Å². The highest BCUT2D eigenvalue weighted by molar-refractivity contribution is 6.30. The molecule has 0 aromatic heterocycles. The molecule has 1 rings (SSSR count). The van der Waals surface area contributed by atoms with Gasteiger partial charge in [0.1, 0.15) is 5.84 Å². The van der Waals surface area contributed by atoms with E-state index in [9.17, 15) is 0 Å². The summed E-state index contributed by atoms with van der Waals surface area (Å²) in [6, 6.07) is 7.55. The Morgan fingerprint density at radius 1 is 1.18 bits per heavy atom. The van der Waals surface area contributed by atoms with Crippen LogP contribution in [0.2, 0.25) is 5.02 Å². The van der Waals surface area contributed by atoms with Crippen molar-refractivity contribution < 1.29 is 0 Å². The number of rotatable bonds is 5. The summed E-state index contributed by atoms with van der Waals surface area (Å²) in [5.74, 6) is 0.828. The predicted molar refractivity (Wildman–Crippen MR) is 100.0 cm³/mol. The van der Waals surface area contributed by atoms with Crippen LogP contribution < -0.4 is 4.90 Å². The summed E-state index contributed by atoms with van der Waals surface area (Å²) in [7, 11) is 1.75.